The maximum atomic E-state index is 13.2. The zero-order valence-electron chi connectivity index (χ0n) is 17.0. The van der Waals surface area contributed by atoms with Crippen LogP contribution in [0.3, 0.4) is 0 Å². The van der Waals surface area contributed by atoms with E-state index < -0.39 is 23.3 Å². The van der Waals surface area contributed by atoms with Crippen molar-refractivity contribution in [2.75, 3.05) is 29.7 Å². The van der Waals surface area contributed by atoms with Crippen LogP contribution in [0.4, 0.5) is 14.5 Å². The molecule has 1 aliphatic rings. The molecule has 164 valence electrons. The lowest BCUT2D eigenvalue weighted by atomic mass is 10.1. The van der Waals surface area contributed by atoms with Crippen molar-refractivity contribution in [3.8, 4) is 11.5 Å². The van der Waals surface area contributed by atoms with Gasteiger partial charge < -0.3 is 9.32 Å². The van der Waals surface area contributed by atoms with Gasteiger partial charge in [0.1, 0.15) is 11.0 Å². The van der Waals surface area contributed by atoms with Crippen LogP contribution in [-0.2, 0) is 17.5 Å². The van der Waals surface area contributed by atoms with Crippen molar-refractivity contribution >= 4 is 16.7 Å². The van der Waals surface area contributed by atoms with Gasteiger partial charge in [0.2, 0.25) is 5.89 Å². The molecule has 0 radical (unpaired) electrons. The van der Waals surface area contributed by atoms with Crippen molar-refractivity contribution in [1.29, 1.82) is 0 Å². The van der Waals surface area contributed by atoms with Crippen molar-refractivity contribution in [3.63, 3.8) is 0 Å². The minimum Gasteiger partial charge on any atom is -0.415 e. The van der Waals surface area contributed by atoms with Crippen LogP contribution >= 0.6 is 0 Å². The van der Waals surface area contributed by atoms with Gasteiger partial charge in [-0.05, 0) is 55.8 Å². The second-order valence-electron chi connectivity index (χ2n) is 7.39. The first-order chi connectivity index (χ1) is 15.1. The molecule has 1 aromatic heterocycles. The van der Waals surface area contributed by atoms with E-state index in [1.54, 1.807) is 12.1 Å². The molecule has 2 heterocycles. The standard InChI is InChI=1S/C22H24F2N4O2S/c23-20(24)22-26-25-21(30-22)18-10-8-17(9-11-18)16-28(19-6-2-1-3-7-19)31(29)15-14-27-12-4-5-13-27/h1-3,6-11,20H,4-5,12-16H2. The molecule has 1 atom stereocenters. The molecule has 6 nitrogen and oxygen atoms in total. The molecule has 0 aliphatic carbocycles. The summed E-state index contributed by atoms with van der Waals surface area (Å²) in [6.45, 7) is 3.43. The van der Waals surface area contributed by atoms with Crippen LogP contribution in [0.15, 0.2) is 59.0 Å². The lowest BCUT2D eigenvalue weighted by molar-refractivity contribution is 0.116. The topological polar surface area (TPSA) is 62.5 Å². The molecule has 4 rings (SSSR count). The molecule has 0 bridgehead atoms. The van der Waals surface area contributed by atoms with E-state index in [1.807, 2.05) is 46.8 Å². The van der Waals surface area contributed by atoms with Gasteiger partial charge in [0.15, 0.2) is 0 Å². The van der Waals surface area contributed by atoms with Crippen LogP contribution in [0.1, 0.15) is 30.7 Å². The van der Waals surface area contributed by atoms with Gasteiger partial charge in [-0.3, -0.25) is 4.31 Å². The van der Waals surface area contributed by atoms with Crippen molar-refractivity contribution in [2.24, 2.45) is 0 Å². The van der Waals surface area contributed by atoms with Crippen LogP contribution in [-0.4, -0.2) is 44.7 Å². The maximum Gasteiger partial charge on any atom is 0.314 e. The summed E-state index contributed by atoms with van der Waals surface area (Å²) in [5, 5.41) is 7.04. The lowest BCUT2D eigenvalue weighted by Crippen LogP contribution is -2.32. The predicted molar refractivity (Wildman–Crippen MR) is 116 cm³/mol. The first kappa shape index (κ1) is 21.6. The Bertz CT molecular complexity index is 992. The Morgan fingerprint density at radius 3 is 2.39 bits per heavy atom. The van der Waals surface area contributed by atoms with Crippen molar-refractivity contribution in [2.45, 2.75) is 25.8 Å². The molecule has 3 aromatic rings. The number of anilines is 1. The Labute approximate surface area is 182 Å². The minimum absolute atomic E-state index is 0.0518. The molecule has 0 spiro atoms. The molecule has 1 saturated heterocycles. The van der Waals surface area contributed by atoms with E-state index in [2.05, 4.69) is 15.1 Å². The van der Waals surface area contributed by atoms with E-state index in [4.69, 9.17) is 4.42 Å². The normalized spacial score (nSPS) is 15.5. The summed E-state index contributed by atoms with van der Waals surface area (Å²) in [6, 6.07) is 16.9. The van der Waals surface area contributed by atoms with Crippen LogP contribution in [0, 0.1) is 0 Å². The summed E-state index contributed by atoms with van der Waals surface area (Å²) in [7, 11) is -1.18. The minimum atomic E-state index is -2.80. The van der Waals surface area contributed by atoms with E-state index in [1.165, 1.54) is 12.8 Å². The number of para-hydroxylation sites is 1. The average Bonchev–Trinajstić information content (AvgIpc) is 3.49. The average molecular weight is 447 g/mol. The Morgan fingerprint density at radius 1 is 1.03 bits per heavy atom. The van der Waals surface area contributed by atoms with Gasteiger partial charge in [0, 0.05) is 17.8 Å². The summed E-state index contributed by atoms with van der Waals surface area (Å²) in [4.78, 5) is 2.36. The summed E-state index contributed by atoms with van der Waals surface area (Å²) in [5.74, 6) is -0.0653. The van der Waals surface area contributed by atoms with Gasteiger partial charge in [0.05, 0.1) is 12.3 Å². The van der Waals surface area contributed by atoms with Crippen LogP contribution < -0.4 is 4.31 Å². The highest BCUT2D eigenvalue weighted by Crippen LogP contribution is 2.25. The number of hydrogen-bond acceptors (Lipinski definition) is 5. The number of nitrogens with zero attached hydrogens (tertiary/aromatic N) is 4. The lowest BCUT2D eigenvalue weighted by Gasteiger charge is -2.25. The van der Waals surface area contributed by atoms with E-state index in [-0.39, 0.29) is 5.89 Å². The summed E-state index contributed by atoms with van der Waals surface area (Å²) >= 11 is 0. The molecule has 2 aromatic carbocycles. The fraction of sp³-hybridized carbons (Fsp3) is 0.364. The van der Waals surface area contributed by atoms with Gasteiger partial charge in [-0.15, -0.1) is 10.2 Å². The summed E-state index contributed by atoms with van der Waals surface area (Å²) in [5.41, 5.74) is 2.39. The smallest absolute Gasteiger partial charge is 0.314 e. The number of likely N-dealkylation sites (tertiary alicyclic amines) is 1. The number of benzene rings is 2. The van der Waals surface area contributed by atoms with Crippen molar-refractivity contribution in [3.05, 3.63) is 66.1 Å². The van der Waals surface area contributed by atoms with Crippen molar-refractivity contribution in [1.82, 2.24) is 15.1 Å². The maximum absolute atomic E-state index is 13.2. The van der Waals surface area contributed by atoms with Crippen molar-refractivity contribution < 1.29 is 17.4 Å². The molecular formula is C22H24F2N4O2S. The number of halogens is 2. The van der Waals surface area contributed by atoms with Gasteiger partial charge in [-0.1, -0.05) is 30.3 Å². The fourth-order valence-electron chi connectivity index (χ4n) is 3.56. The summed E-state index contributed by atoms with van der Waals surface area (Å²) < 4.78 is 45.4. The van der Waals surface area contributed by atoms with Gasteiger partial charge in [0.25, 0.3) is 5.89 Å². The Kier molecular flexibility index (Phi) is 7.03. The van der Waals surface area contributed by atoms with Gasteiger partial charge in [-0.2, -0.15) is 8.78 Å². The molecule has 0 amide bonds. The zero-order valence-corrected chi connectivity index (χ0v) is 17.8. The second kappa shape index (κ2) is 10.1. The van der Waals surface area contributed by atoms with E-state index in [9.17, 15) is 13.0 Å². The largest absolute Gasteiger partial charge is 0.415 e. The quantitative estimate of drug-likeness (QED) is 0.486. The molecular weight excluding hydrogens is 422 g/mol. The number of rotatable bonds is 9. The first-order valence-electron chi connectivity index (χ1n) is 10.2. The molecule has 1 aliphatic heterocycles. The SMILES string of the molecule is O=S(CCN1CCCC1)N(Cc1ccc(-c2nnc(C(F)F)o2)cc1)c1ccccc1. The monoisotopic (exact) mass is 446 g/mol. The Hall–Kier alpha value is -2.65. The highest BCUT2D eigenvalue weighted by atomic mass is 32.2. The van der Waals surface area contributed by atoms with Crippen LogP contribution in [0.25, 0.3) is 11.5 Å². The number of hydrogen-bond donors (Lipinski definition) is 0. The highest BCUT2D eigenvalue weighted by Gasteiger charge is 2.19. The molecule has 1 unspecified atom stereocenters. The van der Waals surface area contributed by atoms with Crippen LogP contribution in [0.2, 0.25) is 0 Å². The highest BCUT2D eigenvalue weighted by molar-refractivity contribution is 7.86. The van der Waals surface area contributed by atoms with E-state index >= 15 is 0 Å². The summed E-state index contributed by atoms with van der Waals surface area (Å²) in [6.07, 6.45) is -0.379. The van der Waals surface area contributed by atoms with Gasteiger partial charge >= 0.3 is 6.43 Å². The van der Waals surface area contributed by atoms with E-state index in [0.29, 0.717) is 17.9 Å². The third-order valence-corrected chi connectivity index (χ3v) is 6.59. The Balaban J connectivity index is 1.47. The number of alkyl halides is 2. The first-order valence-corrected chi connectivity index (χ1v) is 11.5. The molecule has 31 heavy (non-hydrogen) atoms. The molecule has 9 heteroatoms. The van der Waals surface area contributed by atoms with Gasteiger partial charge in [-0.25, -0.2) is 4.21 Å². The third kappa shape index (κ3) is 5.54. The fourth-order valence-corrected chi connectivity index (χ4v) is 4.84. The van der Waals surface area contributed by atoms with E-state index in [0.717, 1.165) is 30.9 Å². The molecule has 0 saturated carbocycles. The molecule has 0 N–H and O–H groups in total. The zero-order chi connectivity index (χ0) is 21.6. The Morgan fingerprint density at radius 2 is 1.74 bits per heavy atom. The third-order valence-electron chi connectivity index (χ3n) is 5.23. The molecule has 1 fully saturated rings. The van der Waals surface area contributed by atoms with Crippen LogP contribution in [0.5, 0.6) is 0 Å². The second-order valence-corrected chi connectivity index (χ2v) is 8.88. The predicted octanol–water partition coefficient (Wildman–Crippen LogP) is 4.44. The number of aromatic nitrogens is 2.